The molecule has 1 N–H and O–H groups in total. The molecule has 1 aliphatic heterocycles. The summed E-state index contributed by atoms with van der Waals surface area (Å²) in [5.74, 6) is 0.274. The molecule has 23 heavy (non-hydrogen) atoms. The van der Waals surface area contributed by atoms with Gasteiger partial charge in [-0.05, 0) is 25.3 Å². The molecule has 0 aromatic carbocycles. The summed E-state index contributed by atoms with van der Waals surface area (Å²) in [4.78, 5) is 10.4. The Morgan fingerprint density at radius 1 is 0.870 bits per heavy atom. The highest BCUT2D eigenvalue weighted by Crippen LogP contribution is 2.13. The zero-order valence-electron chi connectivity index (χ0n) is 14.1. The van der Waals surface area contributed by atoms with Crippen molar-refractivity contribution in [3.8, 4) is 0 Å². The Morgan fingerprint density at radius 2 is 1.43 bits per heavy atom. The van der Waals surface area contributed by atoms with Crippen molar-refractivity contribution >= 4 is 5.97 Å². The van der Waals surface area contributed by atoms with Gasteiger partial charge in [0, 0.05) is 6.42 Å². The van der Waals surface area contributed by atoms with E-state index in [1.54, 1.807) is 6.26 Å². The van der Waals surface area contributed by atoms with Crippen LogP contribution in [0, 0.1) is 0 Å². The molecule has 3 nitrogen and oxygen atoms in total. The van der Waals surface area contributed by atoms with Gasteiger partial charge in [-0.1, -0.05) is 75.3 Å². The highest BCUT2D eigenvalue weighted by molar-refractivity contribution is 5.66. The van der Waals surface area contributed by atoms with Crippen LogP contribution in [0.5, 0.6) is 0 Å². The van der Waals surface area contributed by atoms with Crippen LogP contribution in [0.3, 0.4) is 0 Å². The van der Waals surface area contributed by atoms with Gasteiger partial charge in [0.05, 0.1) is 0 Å². The summed E-state index contributed by atoms with van der Waals surface area (Å²) in [6.07, 6.45) is 26.3. The molecule has 3 heteroatoms. The van der Waals surface area contributed by atoms with E-state index in [-0.39, 0.29) is 0 Å². The van der Waals surface area contributed by atoms with E-state index in [9.17, 15) is 4.79 Å². The summed E-state index contributed by atoms with van der Waals surface area (Å²) in [5, 5.41) is 8.53. The topological polar surface area (TPSA) is 49.8 Å². The van der Waals surface area contributed by atoms with Gasteiger partial charge in [-0.2, -0.15) is 0 Å². The van der Waals surface area contributed by atoms with Crippen LogP contribution in [0.15, 0.2) is 48.5 Å². The van der Waals surface area contributed by atoms with E-state index in [2.05, 4.69) is 12.2 Å². The van der Waals surface area contributed by atoms with Gasteiger partial charge >= 0.3 is 5.97 Å². The van der Waals surface area contributed by atoms with Gasteiger partial charge in [0.15, 0.2) is 5.76 Å². The van der Waals surface area contributed by atoms with E-state index in [1.165, 1.54) is 44.9 Å². The molecule has 0 bridgehead atoms. The lowest BCUT2D eigenvalue weighted by atomic mass is 10.1. The van der Waals surface area contributed by atoms with Crippen LogP contribution in [0.4, 0.5) is 0 Å². The van der Waals surface area contributed by atoms with Crippen molar-refractivity contribution < 1.29 is 14.6 Å². The smallest absolute Gasteiger partial charge is 0.303 e. The Balaban J connectivity index is 1.75. The van der Waals surface area contributed by atoms with E-state index >= 15 is 0 Å². The van der Waals surface area contributed by atoms with Crippen LogP contribution >= 0.6 is 0 Å². The van der Waals surface area contributed by atoms with Gasteiger partial charge in [-0.3, -0.25) is 4.79 Å². The van der Waals surface area contributed by atoms with Crippen molar-refractivity contribution in [2.24, 2.45) is 0 Å². The molecule has 0 saturated heterocycles. The van der Waals surface area contributed by atoms with E-state index in [1.807, 2.05) is 24.3 Å². The average Bonchev–Trinajstić information content (AvgIpc) is 3.34. The third kappa shape index (κ3) is 14.9. The molecule has 0 amide bonds. The first-order valence-corrected chi connectivity index (χ1v) is 8.87. The molecule has 0 saturated carbocycles. The van der Waals surface area contributed by atoms with Crippen LogP contribution in [0.1, 0.15) is 70.6 Å². The van der Waals surface area contributed by atoms with E-state index in [4.69, 9.17) is 9.84 Å². The number of carboxylic acids is 1. The first-order chi connectivity index (χ1) is 11.3. The van der Waals surface area contributed by atoms with Crippen LogP contribution in [0.25, 0.3) is 0 Å². The lowest BCUT2D eigenvalue weighted by molar-refractivity contribution is -0.137. The second kappa shape index (κ2) is 13.9. The second-order valence-electron chi connectivity index (χ2n) is 5.92. The molecule has 0 aromatic rings. The Morgan fingerprint density at radius 3 is 2.04 bits per heavy atom. The van der Waals surface area contributed by atoms with Crippen molar-refractivity contribution in [3.05, 3.63) is 48.5 Å². The molecule has 0 atom stereocenters. The molecule has 0 fully saturated rings. The quantitative estimate of drug-likeness (QED) is 0.302. The van der Waals surface area contributed by atoms with Gasteiger partial charge in [0.1, 0.15) is 6.26 Å². The van der Waals surface area contributed by atoms with Crippen LogP contribution < -0.4 is 0 Å². The minimum absolute atomic E-state index is 0.325. The van der Waals surface area contributed by atoms with Crippen LogP contribution in [0.2, 0.25) is 0 Å². The van der Waals surface area contributed by atoms with Gasteiger partial charge in [0.2, 0.25) is 0 Å². The number of hydrogen-bond donors (Lipinski definition) is 1. The lowest BCUT2D eigenvalue weighted by Gasteiger charge is -2.01. The predicted molar refractivity (Wildman–Crippen MR) is 95.0 cm³/mol. The zero-order chi connectivity index (χ0) is 16.6. The number of rotatable bonds is 15. The molecule has 0 aliphatic carbocycles. The monoisotopic (exact) mass is 318 g/mol. The molecular formula is C20H30O3. The average molecular weight is 318 g/mol. The van der Waals surface area contributed by atoms with Crippen LogP contribution in [-0.2, 0) is 9.53 Å². The highest BCUT2D eigenvalue weighted by Gasteiger charge is 2.01. The van der Waals surface area contributed by atoms with Gasteiger partial charge in [0.25, 0.3) is 0 Å². The number of aliphatic carboxylic acids is 1. The second-order valence-corrected chi connectivity index (χ2v) is 5.92. The minimum Gasteiger partial charge on any atom is -0.481 e. The summed E-state index contributed by atoms with van der Waals surface area (Å²) in [6, 6.07) is 0. The van der Waals surface area contributed by atoms with Gasteiger partial charge in [-0.15, -0.1) is 0 Å². The number of hydrogen-bond acceptors (Lipinski definition) is 2. The largest absolute Gasteiger partial charge is 0.481 e. The maximum absolute atomic E-state index is 10.4. The van der Waals surface area contributed by atoms with Crippen molar-refractivity contribution in [3.63, 3.8) is 0 Å². The molecule has 1 aliphatic rings. The molecule has 0 spiro atoms. The van der Waals surface area contributed by atoms with Crippen molar-refractivity contribution in [2.75, 3.05) is 0 Å². The van der Waals surface area contributed by atoms with Crippen LogP contribution in [-0.4, -0.2) is 11.1 Å². The summed E-state index contributed by atoms with van der Waals surface area (Å²) in [5.41, 5.74) is 0. The van der Waals surface area contributed by atoms with Crippen molar-refractivity contribution in [1.82, 2.24) is 0 Å². The zero-order valence-corrected chi connectivity index (χ0v) is 14.1. The fourth-order valence-electron chi connectivity index (χ4n) is 2.34. The third-order valence-corrected chi connectivity index (χ3v) is 3.75. The van der Waals surface area contributed by atoms with Gasteiger partial charge < -0.3 is 9.84 Å². The standard InChI is InChI=1S/C20H30O3/c21-20(22)17-15-13-11-9-7-5-3-1-2-4-6-8-10-12-14-16-19-18-23-19/h6,8,10,12,14,16,18H,1-5,7,9,11,13,15,17H2,(H,21,22)/b8-6?,12-10+,16-14-. The maximum atomic E-state index is 10.4. The number of unbranched alkanes of at least 4 members (excludes halogenated alkanes) is 9. The number of carboxylic acid groups (broad SMARTS) is 1. The van der Waals surface area contributed by atoms with E-state index in [0.717, 1.165) is 25.0 Å². The van der Waals surface area contributed by atoms with E-state index < -0.39 is 5.97 Å². The highest BCUT2D eigenvalue weighted by atomic mass is 16.5. The Labute approximate surface area is 140 Å². The first-order valence-electron chi connectivity index (χ1n) is 8.87. The molecule has 0 aromatic heterocycles. The lowest BCUT2D eigenvalue weighted by Crippen LogP contribution is -1.93. The Kier molecular flexibility index (Phi) is 11.6. The first kappa shape index (κ1) is 19.3. The fourth-order valence-corrected chi connectivity index (χ4v) is 2.34. The maximum Gasteiger partial charge on any atom is 0.303 e. The molecule has 0 unspecified atom stereocenters. The number of carbonyl (C=O) groups is 1. The van der Waals surface area contributed by atoms with E-state index in [0.29, 0.717) is 6.42 Å². The summed E-state index contributed by atoms with van der Waals surface area (Å²) in [6.45, 7) is 0. The molecule has 0 radical (unpaired) electrons. The number of allylic oxidation sites excluding steroid dienone is 6. The Bertz CT molecular complexity index is 430. The summed E-state index contributed by atoms with van der Waals surface area (Å²) < 4.78 is 4.87. The normalized spacial score (nSPS) is 13.8. The molecule has 128 valence electrons. The Hall–Kier alpha value is -1.77. The summed E-state index contributed by atoms with van der Waals surface area (Å²) in [7, 11) is 0. The predicted octanol–water partition coefficient (Wildman–Crippen LogP) is 5.90. The molecule has 1 rings (SSSR count). The van der Waals surface area contributed by atoms with Crippen molar-refractivity contribution in [1.29, 1.82) is 0 Å². The minimum atomic E-state index is -0.670. The van der Waals surface area contributed by atoms with Crippen molar-refractivity contribution in [2.45, 2.75) is 70.6 Å². The molecule has 1 heterocycles. The SMILES string of the molecule is O=C(O)CCCCCCCCCCCC=C/C=C/C=C\C1=CO1. The molecular weight excluding hydrogens is 288 g/mol. The van der Waals surface area contributed by atoms with Gasteiger partial charge in [-0.25, -0.2) is 0 Å². The fraction of sp³-hybridized carbons (Fsp3) is 0.550. The summed E-state index contributed by atoms with van der Waals surface area (Å²) >= 11 is 0. The number of ether oxygens (including phenoxy) is 1. The third-order valence-electron chi connectivity index (χ3n) is 3.75.